The van der Waals surface area contributed by atoms with Gasteiger partial charge in [-0.2, -0.15) is 0 Å². The predicted molar refractivity (Wildman–Crippen MR) is 111 cm³/mol. The Hall–Kier alpha value is -0.330. The molecule has 0 bridgehead atoms. The van der Waals surface area contributed by atoms with E-state index in [4.69, 9.17) is 4.74 Å². The van der Waals surface area contributed by atoms with E-state index in [0.29, 0.717) is 18.7 Å². The van der Waals surface area contributed by atoms with Crippen molar-refractivity contribution in [1.29, 1.82) is 0 Å². The minimum absolute atomic E-state index is 0.385. The molecular formula is C21H32INO2. The van der Waals surface area contributed by atoms with Crippen molar-refractivity contribution in [1.82, 2.24) is 4.90 Å². The average molecular weight is 457 g/mol. The van der Waals surface area contributed by atoms with Crippen molar-refractivity contribution >= 4 is 22.6 Å². The molecular weight excluding hydrogens is 425 g/mol. The highest BCUT2D eigenvalue weighted by Gasteiger charge is 2.30. The SMILES string of the molecule is OC(COc1ccc(I)cc1)CN(C1CCCCC1)C1CCCCC1. The second-order valence-electron chi connectivity index (χ2n) is 7.70. The third kappa shape index (κ3) is 6.10. The minimum Gasteiger partial charge on any atom is -0.491 e. The monoisotopic (exact) mass is 457 g/mol. The average Bonchev–Trinajstić information content (AvgIpc) is 2.67. The molecule has 0 radical (unpaired) electrons. The highest BCUT2D eigenvalue weighted by Crippen LogP contribution is 2.30. The van der Waals surface area contributed by atoms with Crippen LogP contribution in [-0.2, 0) is 0 Å². The standard InChI is InChI=1S/C21H32INO2/c22-17-11-13-21(14-12-17)25-16-20(24)15-23(18-7-3-1-4-8-18)19-9-5-2-6-10-19/h11-14,18-20,24H,1-10,15-16H2. The van der Waals surface area contributed by atoms with E-state index in [1.54, 1.807) is 0 Å². The summed E-state index contributed by atoms with van der Waals surface area (Å²) >= 11 is 2.29. The molecule has 0 aromatic heterocycles. The van der Waals surface area contributed by atoms with Crippen molar-refractivity contribution in [3.8, 4) is 5.75 Å². The van der Waals surface area contributed by atoms with Crippen LogP contribution in [0.15, 0.2) is 24.3 Å². The first-order valence-electron chi connectivity index (χ1n) is 10.0. The lowest BCUT2D eigenvalue weighted by atomic mass is 9.88. The molecule has 0 spiro atoms. The molecule has 4 heteroatoms. The first kappa shape index (κ1) is 19.4. The van der Waals surface area contributed by atoms with Gasteiger partial charge in [-0.15, -0.1) is 0 Å². The maximum Gasteiger partial charge on any atom is 0.119 e. The van der Waals surface area contributed by atoms with Crippen LogP contribution in [0.1, 0.15) is 64.2 Å². The van der Waals surface area contributed by atoms with E-state index in [2.05, 4.69) is 27.5 Å². The summed E-state index contributed by atoms with van der Waals surface area (Å²) in [5.41, 5.74) is 0. The third-order valence-electron chi connectivity index (χ3n) is 5.77. The Morgan fingerprint density at radius 2 is 1.44 bits per heavy atom. The van der Waals surface area contributed by atoms with E-state index in [-0.39, 0.29) is 0 Å². The molecule has 3 rings (SSSR count). The fourth-order valence-corrected chi connectivity index (χ4v) is 4.80. The molecule has 2 aliphatic carbocycles. The number of halogens is 1. The Kier molecular flexibility index (Phi) is 7.87. The molecule has 140 valence electrons. The molecule has 0 heterocycles. The van der Waals surface area contributed by atoms with Crippen LogP contribution in [0.4, 0.5) is 0 Å². The van der Waals surface area contributed by atoms with E-state index >= 15 is 0 Å². The van der Waals surface area contributed by atoms with Gasteiger partial charge in [-0.25, -0.2) is 0 Å². The van der Waals surface area contributed by atoms with E-state index in [0.717, 1.165) is 12.3 Å². The molecule has 0 amide bonds. The molecule has 2 aliphatic rings. The van der Waals surface area contributed by atoms with Crippen molar-refractivity contribution in [2.75, 3.05) is 13.2 Å². The molecule has 1 aromatic rings. The summed E-state index contributed by atoms with van der Waals surface area (Å²) in [6.45, 7) is 1.15. The van der Waals surface area contributed by atoms with Gasteiger partial charge in [0.1, 0.15) is 18.5 Å². The number of hydrogen-bond donors (Lipinski definition) is 1. The summed E-state index contributed by atoms with van der Waals surface area (Å²) in [5.74, 6) is 0.848. The van der Waals surface area contributed by atoms with Crippen LogP contribution in [0.2, 0.25) is 0 Å². The van der Waals surface area contributed by atoms with Crippen molar-refractivity contribution < 1.29 is 9.84 Å². The summed E-state index contributed by atoms with van der Waals surface area (Å²) in [6.07, 6.45) is 13.0. The van der Waals surface area contributed by atoms with Gasteiger partial charge >= 0.3 is 0 Å². The van der Waals surface area contributed by atoms with E-state index in [9.17, 15) is 5.11 Å². The third-order valence-corrected chi connectivity index (χ3v) is 6.48. The lowest BCUT2D eigenvalue weighted by Gasteiger charge is -2.42. The van der Waals surface area contributed by atoms with Gasteiger partial charge in [0.25, 0.3) is 0 Å². The zero-order valence-electron chi connectivity index (χ0n) is 15.2. The van der Waals surface area contributed by atoms with Crippen LogP contribution in [0.25, 0.3) is 0 Å². The van der Waals surface area contributed by atoms with Crippen LogP contribution in [0.5, 0.6) is 5.75 Å². The van der Waals surface area contributed by atoms with Gasteiger partial charge in [0, 0.05) is 22.2 Å². The van der Waals surface area contributed by atoms with Crippen LogP contribution < -0.4 is 4.74 Å². The maximum absolute atomic E-state index is 10.6. The first-order valence-corrected chi connectivity index (χ1v) is 11.1. The molecule has 0 saturated heterocycles. The van der Waals surface area contributed by atoms with Crippen molar-refractivity contribution in [3.63, 3.8) is 0 Å². The Morgan fingerprint density at radius 3 is 1.96 bits per heavy atom. The van der Waals surface area contributed by atoms with Crippen molar-refractivity contribution in [3.05, 3.63) is 27.8 Å². The molecule has 1 N–H and O–H groups in total. The zero-order valence-corrected chi connectivity index (χ0v) is 17.4. The van der Waals surface area contributed by atoms with Gasteiger partial charge in [-0.3, -0.25) is 4.90 Å². The van der Waals surface area contributed by atoms with Crippen molar-refractivity contribution in [2.24, 2.45) is 0 Å². The largest absolute Gasteiger partial charge is 0.491 e. The van der Waals surface area contributed by atoms with Crippen molar-refractivity contribution in [2.45, 2.75) is 82.4 Å². The fraction of sp³-hybridized carbons (Fsp3) is 0.714. The van der Waals surface area contributed by atoms with E-state index < -0.39 is 6.10 Å². The number of aliphatic hydroxyl groups is 1. The van der Waals surface area contributed by atoms with Gasteiger partial charge in [-0.05, 0) is 72.5 Å². The second-order valence-corrected chi connectivity index (χ2v) is 8.94. The van der Waals surface area contributed by atoms with E-state index in [1.165, 1.54) is 67.8 Å². The molecule has 1 aromatic carbocycles. The van der Waals surface area contributed by atoms with Gasteiger partial charge < -0.3 is 9.84 Å². The minimum atomic E-state index is -0.414. The van der Waals surface area contributed by atoms with Gasteiger partial charge in [0.05, 0.1) is 0 Å². The summed E-state index contributed by atoms with van der Waals surface area (Å²) < 4.78 is 7.02. The van der Waals surface area contributed by atoms with Crippen LogP contribution in [-0.4, -0.2) is 41.3 Å². The first-order chi connectivity index (χ1) is 12.2. The van der Waals surface area contributed by atoms with Crippen LogP contribution >= 0.6 is 22.6 Å². The Labute approximate surface area is 166 Å². The quantitative estimate of drug-likeness (QED) is 0.586. The lowest BCUT2D eigenvalue weighted by molar-refractivity contribution is 0.0117. The molecule has 2 fully saturated rings. The number of aliphatic hydroxyl groups excluding tert-OH is 1. The summed E-state index contributed by atoms with van der Waals surface area (Å²) in [5, 5.41) is 10.6. The number of hydrogen-bond acceptors (Lipinski definition) is 3. The molecule has 2 saturated carbocycles. The van der Waals surface area contributed by atoms with Gasteiger partial charge in [0.15, 0.2) is 0 Å². The fourth-order valence-electron chi connectivity index (χ4n) is 4.44. The van der Waals surface area contributed by atoms with E-state index in [1.807, 2.05) is 24.3 Å². The lowest BCUT2D eigenvalue weighted by Crippen LogP contribution is -2.49. The molecule has 0 aliphatic heterocycles. The molecule has 1 unspecified atom stereocenters. The highest BCUT2D eigenvalue weighted by molar-refractivity contribution is 14.1. The van der Waals surface area contributed by atoms with Crippen LogP contribution in [0.3, 0.4) is 0 Å². The molecule has 1 atom stereocenters. The normalized spacial score (nSPS) is 21.4. The Balaban J connectivity index is 1.55. The topological polar surface area (TPSA) is 32.7 Å². The maximum atomic E-state index is 10.6. The molecule has 3 nitrogen and oxygen atoms in total. The Bertz CT molecular complexity index is 477. The summed E-state index contributed by atoms with van der Waals surface area (Å²) in [6, 6.07) is 9.38. The Morgan fingerprint density at radius 1 is 0.920 bits per heavy atom. The van der Waals surface area contributed by atoms with Gasteiger partial charge in [-0.1, -0.05) is 38.5 Å². The van der Waals surface area contributed by atoms with Gasteiger partial charge in [0.2, 0.25) is 0 Å². The number of rotatable bonds is 7. The number of ether oxygens (including phenoxy) is 1. The molecule has 25 heavy (non-hydrogen) atoms. The summed E-state index contributed by atoms with van der Waals surface area (Å²) in [4.78, 5) is 2.65. The zero-order chi connectivity index (χ0) is 17.5. The second kappa shape index (κ2) is 10.1. The number of benzene rings is 1. The number of nitrogens with zero attached hydrogens (tertiary/aromatic N) is 1. The van der Waals surface area contributed by atoms with Crippen LogP contribution in [0, 0.1) is 3.57 Å². The predicted octanol–water partition coefficient (Wildman–Crippen LogP) is 5.00. The smallest absolute Gasteiger partial charge is 0.119 e. The highest BCUT2D eigenvalue weighted by atomic mass is 127. The summed E-state index contributed by atoms with van der Waals surface area (Å²) in [7, 11) is 0.